The number of nitrogens with zero attached hydrogens (tertiary/aromatic N) is 4. The van der Waals surface area contributed by atoms with E-state index in [9.17, 15) is 0 Å². The first-order valence-electron chi connectivity index (χ1n) is 24.2. The summed E-state index contributed by atoms with van der Waals surface area (Å²) in [5.41, 5.74) is 12.9. The maximum absolute atomic E-state index is 7.07. The van der Waals surface area contributed by atoms with Crippen LogP contribution in [0.15, 0.2) is 194 Å². The Hall–Kier alpha value is -7.50. The van der Waals surface area contributed by atoms with E-state index in [0.717, 1.165) is 61.8 Å². The fourth-order valence-electron chi connectivity index (χ4n) is 9.68. The minimum absolute atomic E-state index is 0.0447. The molecule has 0 radical (unpaired) electrons. The van der Waals surface area contributed by atoms with Gasteiger partial charge in [-0.1, -0.05) is 178 Å². The quantitative estimate of drug-likeness (QED) is 0.101. The molecule has 7 aromatic carbocycles. The molecule has 0 aliphatic rings. The van der Waals surface area contributed by atoms with Crippen LogP contribution in [0.25, 0.3) is 50.1 Å². The summed E-state index contributed by atoms with van der Waals surface area (Å²) in [6, 6.07) is 65.3. The molecule has 69 heavy (non-hydrogen) atoms. The Kier molecular flexibility index (Phi) is 11.3. The molecular formula is C64H62N4O. The van der Waals surface area contributed by atoms with Gasteiger partial charge < -0.3 is 4.74 Å². The minimum atomic E-state index is -0.389. The van der Waals surface area contributed by atoms with Gasteiger partial charge in [0.25, 0.3) is 6.33 Å². The van der Waals surface area contributed by atoms with Crippen molar-refractivity contribution < 1.29 is 9.30 Å². The highest BCUT2D eigenvalue weighted by Gasteiger charge is 2.30. The number of hydrogen-bond donors (Lipinski definition) is 0. The van der Waals surface area contributed by atoms with E-state index in [-0.39, 0.29) is 21.7 Å². The molecule has 5 nitrogen and oxygen atoms in total. The molecule has 0 aliphatic heterocycles. The topological polar surface area (TPSA) is 35.9 Å². The van der Waals surface area contributed by atoms with Crippen molar-refractivity contribution in [1.29, 1.82) is 0 Å². The summed E-state index contributed by atoms with van der Waals surface area (Å²) in [5, 5.41) is 2.30. The summed E-state index contributed by atoms with van der Waals surface area (Å²) in [4.78, 5) is 4.99. The van der Waals surface area contributed by atoms with Crippen LogP contribution in [0.5, 0.6) is 11.5 Å². The average molecular weight is 903 g/mol. The Balaban J connectivity index is 1.12. The third kappa shape index (κ3) is 8.67. The molecule has 0 saturated heterocycles. The van der Waals surface area contributed by atoms with Gasteiger partial charge in [0.15, 0.2) is 0 Å². The zero-order valence-electron chi connectivity index (χ0n) is 41.7. The summed E-state index contributed by atoms with van der Waals surface area (Å²) in [6.45, 7) is 22.7. The number of imidazole rings is 1. The van der Waals surface area contributed by atoms with Gasteiger partial charge >= 0.3 is 0 Å². The Bertz CT molecular complexity index is 3470. The first-order valence-corrected chi connectivity index (χ1v) is 24.2. The zero-order valence-corrected chi connectivity index (χ0v) is 41.7. The Morgan fingerprint density at radius 2 is 1.12 bits per heavy atom. The highest BCUT2D eigenvalue weighted by Crippen LogP contribution is 2.40. The summed E-state index contributed by atoms with van der Waals surface area (Å²) in [5.74, 6) is 2.37. The predicted octanol–water partition coefficient (Wildman–Crippen LogP) is 15.8. The van der Waals surface area contributed by atoms with Crippen molar-refractivity contribution in [2.75, 3.05) is 0 Å². The number of ether oxygens (including phenoxy) is 1. The van der Waals surface area contributed by atoms with E-state index in [0.29, 0.717) is 0 Å². The van der Waals surface area contributed by atoms with E-state index >= 15 is 0 Å². The summed E-state index contributed by atoms with van der Waals surface area (Å²) in [7, 11) is 0. The highest BCUT2D eigenvalue weighted by molar-refractivity contribution is 6.10. The summed E-state index contributed by atoms with van der Waals surface area (Å²) in [6.07, 6.45) is 8.03. The van der Waals surface area contributed by atoms with Crippen molar-refractivity contribution in [2.24, 2.45) is 0 Å². The second-order valence-corrected chi connectivity index (χ2v) is 21.7. The van der Waals surface area contributed by atoms with Gasteiger partial charge in [-0.2, -0.15) is 0 Å². The smallest absolute Gasteiger partial charge is 0.269 e. The van der Waals surface area contributed by atoms with Gasteiger partial charge in [-0.25, -0.2) is 4.98 Å². The molecule has 3 aromatic heterocycles. The number of benzene rings is 7. The van der Waals surface area contributed by atoms with E-state index < -0.39 is 0 Å². The molecule has 0 spiro atoms. The van der Waals surface area contributed by atoms with Crippen molar-refractivity contribution in [3.05, 3.63) is 234 Å². The first kappa shape index (κ1) is 45.3. The van der Waals surface area contributed by atoms with Gasteiger partial charge in [0, 0.05) is 40.1 Å². The van der Waals surface area contributed by atoms with Gasteiger partial charge in [0.05, 0.1) is 28.1 Å². The predicted molar refractivity (Wildman–Crippen MR) is 285 cm³/mol. The minimum Gasteiger partial charge on any atom is -0.458 e. The second-order valence-electron chi connectivity index (χ2n) is 21.7. The Morgan fingerprint density at radius 1 is 0.464 bits per heavy atom. The summed E-state index contributed by atoms with van der Waals surface area (Å²) < 4.78 is 13.8. The van der Waals surface area contributed by atoms with E-state index in [1.54, 1.807) is 0 Å². The highest BCUT2D eigenvalue weighted by atomic mass is 16.5. The van der Waals surface area contributed by atoms with Crippen LogP contribution in [0, 0.1) is 6.33 Å². The summed E-state index contributed by atoms with van der Waals surface area (Å²) >= 11 is 0. The molecule has 0 unspecified atom stereocenters. The maximum Gasteiger partial charge on any atom is 0.269 e. The average Bonchev–Trinajstić information content (AvgIpc) is 3.95. The maximum atomic E-state index is 7.07. The van der Waals surface area contributed by atoms with Crippen LogP contribution >= 0.6 is 0 Å². The van der Waals surface area contributed by atoms with E-state index in [1.807, 2.05) is 6.20 Å². The molecule has 5 heteroatoms. The molecule has 0 bridgehead atoms. The lowest BCUT2D eigenvalue weighted by molar-refractivity contribution is -0.599. The fraction of sp³-hybridized carbons (Fsp3) is 0.219. The molecule has 3 heterocycles. The number of fused-ring (bicyclic) bond motifs is 3. The van der Waals surface area contributed by atoms with E-state index in [4.69, 9.17) is 9.72 Å². The van der Waals surface area contributed by atoms with Crippen LogP contribution in [-0.2, 0) is 21.7 Å². The molecular weight excluding hydrogens is 841 g/mol. The van der Waals surface area contributed by atoms with Crippen molar-refractivity contribution >= 4 is 21.8 Å². The third-order valence-electron chi connectivity index (χ3n) is 14.1. The SMILES string of the molecule is CC(C)(C)c1cc(Oc2ccc3c4cc(-c5ccccc5)ccc4n(-c4cc(C(C)(C)C)ccn4)c3c2)cc(-n2[c-][n+](-c3cccc(C(C)(C)c4ccccc4)c3)cc2C(C)(C)c2ccccc2)c1. The lowest BCUT2D eigenvalue weighted by Crippen LogP contribution is -2.30. The lowest BCUT2D eigenvalue weighted by atomic mass is 9.78. The van der Waals surface area contributed by atoms with Crippen molar-refractivity contribution in [2.45, 2.75) is 90.9 Å². The molecule has 0 N–H and O–H groups in total. The molecule has 0 atom stereocenters. The normalized spacial score (nSPS) is 12.5. The van der Waals surface area contributed by atoms with Crippen molar-refractivity contribution in [3.63, 3.8) is 0 Å². The molecule has 0 aliphatic carbocycles. The number of aromatic nitrogens is 4. The van der Waals surface area contributed by atoms with Crippen LogP contribution in [0.3, 0.4) is 0 Å². The number of pyridine rings is 1. The fourth-order valence-corrected chi connectivity index (χ4v) is 9.68. The second kappa shape index (κ2) is 17.2. The van der Waals surface area contributed by atoms with Crippen LogP contribution in [0.4, 0.5) is 0 Å². The Labute approximate surface area is 408 Å². The standard InChI is InChI=1S/C64H62N4O/c1-61(2,3)48-33-34-65-60(39-48)68-57-32-29-45(44-21-14-11-15-22-44)35-56(57)55-31-30-53(41-58(55)68)69-54-38-50(62(4,5)6)37-52(40-54)67-43-66(42-59(67)64(9,10)47-25-18-13-19-26-47)51-28-20-27-49(36-51)63(7,8)46-23-16-12-17-24-46/h11-42H,1-10H3. The third-order valence-corrected chi connectivity index (χ3v) is 14.1. The monoisotopic (exact) mass is 902 g/mol. The van der Waals surface area contributed by atoms with Crippen LogP contribution < -0.4 is 9.30 Å². The number of rotatable bonds is 10. The molecule has 10 rings (SSSR count). The van der Waals surface area contributed by atoms with Crippen LogP contribution in [-0.4, -0.2) is 14.1 Å². The van der Waals surface area contributed by atoms with Gasteiger partial charge in [-0.3, -0.25) is 13.7 Å². The van der Waals surface area contributed by atoms with Crippen molar-refractivity contribution in [3.8, 4) is 39.8 Å². The number of hydrogen-bond acceptors (Lipinski definition) is 2. The largest absolute Gasteiger partial charge is 0.458 e. The van der Waals surface area contributed by atoms with Gasteiger partial charge in [0.1, 0.15) is 17.3 Å². The molecule has 0 fully saturated rings. The van der Waals surface area contributed by atoms with E-state index in [2.05, 4.69) is 277 Å². The van der Waals surface area contributed by atoms with Gasteiger partial charge in [0.2, 0.25) is 0 Å². The van der Waals surface area contributed by atoms with Crippen LogP contribution in [0.2, 0.25) is 0 Å². The lowest BCUT2D eigenvalue weighted by Gasteiger charge is -2.28. The van der Waals surface area contributed by atoms with Gasteiger partial charge in [-0.15, -0.1) is 0 Å². The van der Waals surface area contributed by atoms with Crippen molar-refractivity contribution in [1.82, 2.24) is 14.1 Å². The zero-order chi connectivity index (χ0) is 48.3. The Morgan fingerprint density at radius 3 is 1.80 bits per heavy atom. The van der Waals surface area contributed by atoms with Crippen LogP contribution in [0.1, 0.15) is 103 Å². The van der Waals surface area contributed by atoms with E-state index in [1.165, 1.54) is 33.4 Å². The molecule has 0 amide bonds. The molecule has 0 saturated carbocycles. The molecule has 344 valence electrons. The first-order chi connectivity index (χ1) is 32.9. The van der Waals surface area contributed by atoms with Gasteiger partial charge in [-0.05, 0) is 117 Å². The molecule has 10 aromatic rings.